The van der Waals surface area contributed by atoms with E-state index in [-0.39, 0.29) is 11.8 Å². The molecule has 0 saturated heterocycles. The monoisotopic (exact) mass is 246 g/mol. The molecular formula is C15H18O3. The van der Waals surface area contributed by atoms with E-state index in [1.807, 2.05) is 32.0 Å². The fourth-order valence-electron chi connectivity index (χ4n) is 2.41. The number of carbonyl (C=O) groups excluding carboxylic acids is 2. The third kappa shape index (κ3) is 2.17. The van der Waals surface area contributed by atoms with Crippen LogP contribution in [0.1, 0.15) is 48.2 Å². The lowest BCUT2D eigenvalue weighted by atomic mass is 10.0. The zero-order chi connectivity index (χ0) is 13.3. The fraction of sp³-hybridized carbons (Fsp3) is 0.467. The molecule has 1 aromatic rings. The average molecular weight is 246 g/mol. The van der Waals surface area contributed by atoms with Crippen LogP contribution in [0.2, 0.25) is 0 Å². The lowest BCUT2D eigenvalue weighted by molar-refractivity contribution is -0.153. The molecule has 3 heteroatoms. The van der Waals surface area contributed by atoms with Gasteiger partial charge >= 0.3 is 5.97 Å². The van der Waals surface area contributed by atoms with E-state index in [0.717, 1.165) is 17.5 Å². The molecule has 96 valence electrons. The highest BCUT2D eigenvalue weighted by atomic mass is 16.6. The molecule has 1 aliphatic carbocycles. The molecule has 0 amide bonds. The van der Waals surface area contributed by atoms with E-state index in [9.17, 15) is 9.59 Å². The Balaban J connectivity index is 2.24. The van der Waals surface area contributed by atoms with Gasteiger partial charge in [-0.15, -0.1) is 0 Å². The lowest BCUT2D eigenvalue weighted by Gasteiger charge is -2.22. The highest BCUT2D eigenvalue weighted by Gasteiger charge is 2.44. The van der Waals surface area contributed by atoms with Crippen LogP contribution in [0.15, 0.2) is 18.2 Å². The number of aryl methyl sites for hydroxylation is 1. The average Bonchev–Trinajstić information content (AvgIpc) is 2.50. The summed E-state index contributed by atoms with van der Waals surface area (Å²) in [5, 5.41) is 0. The second kappa shape index (κ2) is 4.56. The maximum atomic E-state index is 12.3. The first kappa shape index (κ1) is 12.8. The van der Waals surface area contributed by atoms with E-state index in [1.54, 1.807) is 6.92 Å². The van der Waals surface area contributed by atoms with Crippen LogP contribution in [-0.4, -0.2) is 17.4 Å². The molecule has 0 aliphatic heterocycles. The minimum atomic E-state index is -1.01. The first-order valence-corrected chi connectivity index (χ1v) is 6.32. The minimum Gasteiger partial charge on any atom is -0.451 e. The number of fused-ring (bicyclic) bond motifs is 1. The van der Waals surface area contributed by atoms with Gasteiger partial charge in [0, 0.05) is 18.4 Å². The van der Waals surface area contributed by atoms with Gasteiger partial charge in [0.1, 0.15) is 0 Å². The molecule has 2 rings (SSSR count). The Morgan fingerprint density at radius 2 is 2.17 bits per heavy atom. The molecule has 0 spiro atoms. The van der Waals surface area contributed by atoms with E-state index < -0.39 is 5.60 Å². The van der Waals surface area contributed by atoms with Crippen molar-refractivity contribution in [1.29, 1.82) is 0 Å². The topological polar surface area (TPSA) is 43.4 Å². The maximum absolute atomic E-state index is 12.3. The SMILES string of the molecule is CCCC(=O)OC1(C)Cc2cc(C)ccc2C1=O. The van der Waals surface area contributed by atoms with Gasteiger partial charge in [-0.2, -0.15) is 0 Å². The number of hydrogen-bond donors (Lipinski definition) is 0. The van der Waals surface area contributed by atoms with Crippen LogP contribution in [0.5, 0.6) is 0 Å². The standard InChI is InChI=1S/C15H18O3/c1-4-5-13(16)18-15(3)9-11-8-10(2)6-7-12(11)14(15)17/h6-8H,4-5,9H2,1-3H3. The van der Waals surface area contributed by atoms with E-state index in [1.165, 1.54) is 0 Å². The number of benzene rings is 1. The van der Waals surface area contributed by atoms with Crippen molar-refractivity contribution in [1.82, 2.24) is 0 Å². The van der Waals surface area contributed by atoms with Crippen LogP contribution in [0.4, 0.5) is 0 Å². The number of carbonyl (C=O) groups is 2. The highest BCUT2D eigenvalue weighted by Crippen LogP contribution is 2.33. The fourth-order valence-corrected chi connectivity index (χ4v) is 2.41. The molecule has 1 unspecified atom stereocenters. The highest BCUT2D eigenvalue weighted by molar-refractivity contribution is 6.07. The molecule has 0 N–H and O–H groups in total. The number of hydrogen-bond acceptors (Lipinski definition) is 3. The van der Waals surface area contributed by atoms with Crippen molar-refractivity contribution < 1.29 is 14.3 Å². The van der Waals surface area contributed by atoms with Gasteiger partial charge in [0.25, 0.3) is 0 Å². The zero-order valence-electron chi connectivity index (χ0n) is 11.1. The molecule has 0 fully saturated rings. The van der Waals surface area contributed by atoms with Crippen LogP contribution < -0.4 is 0 Å². The van der Waals surface area contributed by atoms with E-state index >= 15 is 0 Å². The van der Waals surface area contributed by atoms with Gasteiger partial charge in [0.2, 0.25) is 5.78 Å². The molecule has 1 aromatic carbocycles. The summed E-state index contributed by atoms with van der Waals surface area (Å²) in [4.78, 5) is 23.9. The van der Waals surface area contributed by atoms with Gasteiger partial charge in [-0.05, 0) is 25.8 Å². The summed E-state index contributed by atoms with van der Waals surface area (Å²) in [6, 6.07) is 5.73. The van der Waals surface area contributed by atoms with Crippen molar-refractivity contribution in [3.63, 3.8) is 0 Å². The van der Waals surface area contributed by atoms with Crippen LogP contribution in [0, 0.1) is 6.92 Å². The predicted octanol–water partition coefficient (Wildman–Crippen LogP) is 2.84. The molecule has 18 heavy (non-hydrogen) atoms. The van der Waals surface area contributed by atoms with Gasteiger partial charge < -0.3 is 4.74 Å². The van der Waals surface area contributed by atoms with Crippen LogP contribution in [0.3, 0.4) is 0 Å². The summed E-state index contributed by atoms with van der Waals surface area (Å²) in [5.41, 5.74) is 1.77. The Morgan fingerprint density at radius 3 is 2.83 bits per heavy atom. The molecule has 3 nitrogen and oxygen atoms in total. The second-order valence-electron chi connectivity index (χ2n) is 5.12. The van der Waals surface area contributed by atoms with Crippen LogP contribution >= 0.6 is 0 Å². The maximum Gasteiger partial charge on any atom is 0.306 e. The van der Waals surface area contributed by atoms with Crippen molar-refractivity contribution >= 4 is 11.8 Å². The summed E-state index contributed by atoms with van der Waals surface area (Å²) in [6.45, 7) is 5.61. The van der Waals surface area contributed by atoms with Crippen molar-refractivity contribution in [2.24, 2.45) is 0 Å². The minimum absolute atomic E-state index is 0.0815. The van der Waals surface area contributed by atoms with Crippen molar-refractivity contribution in [3.05, 3.63) is 34.9 Å². The van der Waals surface area contributed by atoms with E-state index in [4.69, 9.17) is 4.74 Å². The number of Topliss-reactive ketones (excluding diaryl/α,β-unsaturated/α-hetero) is 1. The molecule has 0 heterocycles. The van der Waals surface area contributed by atoms with Crippen LogP contribution in [-0.2, 0) is 16.0 Å². The first-order valence-electron chi connectivity index (χ1n) is 6.32. The molecule has 1 aliphatic rings. The Labute approximate surface area is 107 Å². The van der Waals surface area contributed by atoms with Gasteiger partial charge in [0.15, 0.2) is 5.60 Å². The molecule has 0 saturated carbocycles. The second-order valence-corrected chi connectivity index (χ2v) is 5.12. The van der Waals surface area contributed by atoms with E-state index in [2.05, 4.69) is 0 Å². The first-order chi connectivity index (χ1) is 8.46. The zero-order valence-corrected chi connectivity index (χ0v) is 11.1. The third-order valence-corrected chi connectivity index (χ3v) is 3.31. The van der Waals surface area contributed by atoms with Crippen molar-refractivity contribution in [2.75, 3.05) is 0 Å². The smallest absolute Gasteiger partial charge is 0.306 e. The van der Waals surface area contributed by atoms with E-state index in [0.29, 0.717) is 18.4 Å². The number of rotatable bonds is 3. The van der Waals surface area contributed by atoms with Gasteiger partial charge in [-0.3, -0.25) is 9.59 Å². The molecule has 0 aromatic heterocycles. The molecular weight excluding hydrogens is 228 g/mol. The predicted molar refractivity (Wildman–Crippen MR) is 68.6 cm³/mol. The summed E-state index contributed by atoms with van der Waals surface area (Å²) in [5.74, 6) is -0.375. The van der Waals surface area contributed by atoms with Gasteiger partial charge in [-0.1, -0.05) is 30.7 Å². The Bertz CT molecular complexity index is 504. The quantitative estimate of drug-likeness (QED) is 0.770. The Hall–Kier alpha value is -1.64. The van der Waals surface area contributed by atoms with Gasteiger partial charge in [-0.25, -0.2) is 0 Å². The van der Waals surface area contributed by atoms with Crippen LogP contribution in [0.25, 0.3) is 0 Å². The summed E-state index contributed by atoms with van der Waals surface area (Å²) < 4.78 is 5.39. The summed E-state index contributed by atoms with van der Waals surface area (Å²) in [7, 11) is 0. The summed E-state index contributed by atoms with van der Waals surface area (Å²) >= 11 is 0. The number of ketones is 1. The third-order valence-electron chi connectivity index (χ3n) is 3.31. The largest absolute Gasteiger partial charge is 0.451 e. The van der Waals surface area contributed by atoms with Crippen molar-refractivity contribution in [2.45, 2.75) is 45.6 Å². The molecule has 0 bridgehead atoms. The lowest BCUT2D eigenvalue weighted by Crippen LogP contribution is -2.37. The molecule has 0 radical (unpaired) electrons. The normalized spacial score (nSPS) is 21.8. The Kier molecular flexibility index (Phi) is 3.24. The number of ether oxygens (including phenoxy) is 1. The molecule has 1 atom stereocenters. The van der Waals surface area contributed by atoms with Crippen molar-refractivity contribution in [3.8, 4) is 0 Å². The van der Waals surface area contributed by atoms with Gasteiger partial charge in [0.05, 0.1) is 0 Å². The number of esters is 1. The summed E-state index contributed by atoms with van der Waals surface area (Å²) in [6.07, 6.45) is 1.58. The Morgan fingerprint density at radius 1 is 1.44 bits per heavy atom.